The minimum atomic E-state index is -1.06. The maximum atomic E-state index is 14.4. The molecular formula is C55H58ClN9O7S2. The van der Waals surface area contributed by atoms with Crippen molar-refractivity contribution in [3.8, 4) is 21.2 Å². The second kappa shape index (κ2) is 20.2. The van der Waals surface area contributed by atoms with Gasteiger partial charge in [0.2, 0.25) is 17.7 Å². The second-order valence-corrected chi connectivity index (χ2v) is 23.2. The van der Waals surface area contributed by atoms with Crippen molar-refractivity contribution in [2.45, 2.75) is 123 Å². The van der Waals surface area contributed by atoms with Gasteiger partial charge in [-0.1, -0.05) is 68.8 Å². The SMILES string of the molecule is Cc1ncsc1-c1ccc([C@H](C)NC(=O)[C@H]2C[C@H](O)CN2C(=O)[C@@H](NC(=O)c2cc3cc(O[C@H]4C[C@@H](NC(=O)C[C@@H]5N=C(c6ccc(Cl)cc6)c6c(sc(C)c6C)-n6c(C)nnc65)C4)ccc3o2)C(C)(C)C)cc1. The molecule has 7 aromatic rings. The molecule has 4 N–H and O–H groups in total. The van der Waals surface area contributed by atoms with Crippen LogP contribution in [0.1, 0.15) is 120 Å². The van der Waals surface area contributed by atoms with Gasteiger partial charge in [0, 0.05) is 58.3 Å². The minimum absolute atomic E-state index is 0.000667. The number of aliphatic imine (C=N–C) groups is 1. The fourth-order valence-electron chi connectivity index (χ4n) is 9.99. The topological polar surface area (TPSA) is 206 Å². The molecule has 384 valence electrons. The summed E-state index contributed by atoms with van der Waals surface area (Å²) in [6.07, 6.45) is 0.255. The molecule has 6 heterocycles. The van der Waals surface area contributed by atoms with Crippen LogP contribution in [0.5, 0.6) is 5.75 Å². The molecule has 4 amide bonds. The Morgan fingerprint density at radius 3 is 2.36 bits per heavy atom. The van der Waals surface area contributed by atoms with Gasteiger partial charge < -0.3 is 35.1 Å². The number of fused-ring (bicyclic) bond motifs is 4. The predicted molar refractivity (Wildman–Crippen MR) is 285 cm³/mol. The van der Waals surface area contributed by atoms with Gasteiger partial charge in [-0.2, -0.15) is 0 Å². The van der Waals surface area contributed by atoms with Crippen molar-refractivity contribution in [1.29, 1.82) is 0 Å². The Labute approximate surface area is 441 Å². The number of nitrogens with one attached hydrogen (secondary N) is 3. The van der Waals surface area contributed by atoms with E-state index in [1.54, 1.807) is 46.9 Å². The number of β-amino-alcohol motifs (C(OH)–C–C–N with tert-alkyl or cyclic N) is 1. The zero-order valence-corrected chi connectivity index (χ0v) is 44.7. The molecule has 2 fully saturated rings. The number of hydrogen-bond acceptors (Lipinski definition) is 13. The number of thiazole rings is 1. The maximum Gasteiger partial charge on any atom is 0.287 e. The molecule has 74 heavy (non-hydrogen) atoms. The summed E-state index contributed by atoms with van der Waals surface area (Å²) in [5.74, 6) is 0.276. The summed E-state index contributed by atoms with van der Waals surface area (Å²) in [6, 6.07) is 19.3. The molecular weight excluding hydrogens is 998 g/mol. The average molecular weight is 1060 g/mol. The zero-order chi connectivity index (χ0) is 52.3. The number of ether oxygens (including phenoxy) is 1. The summed E-state index contributed by atoms with van der Waals surface area (Å²) >= 11 is 9.51. The molecule has 4 aromatic heterocycles. The largest absolute Gasteiger partial charge is 0.490 e. The highest BCUT2D eigenvalue weighted by Gasteiger charge is 2.45. The summed E-state index contributed by atoms with van der Waals surface area (Å²) in [5.41, 5.74) is 8.16. The number of aryl methyl sites for hydroxylation is 3. The molecule has 16 nitrogen and oxygen atoms in total. The van der Waals surface area contributed by atoms with Crippen molar-refractivity contribution in [1.82, 2.24) is 40.6 Å². The number of carbonyl (C=O) groups excluding carboxylic acids is 4. The van der Waals surface area contributed by atoms with Crippen molar-refractivity contribution in [2.75, 3.05) is 6.54 Å². The van der Waals surface area contributed by atoms with Gasteiger partial charge in [0.15, 0.2) is 11.6 Å². The van der Waals surface area contributed by atoms with Crippen LogP contribution in [-0.2, 0) is 14.4 Å². The average Bonchev–Trinajstić information content (AvgIpc) is 4.19. The van der Waals surface area contributed by atoms with Crippen LogP contribution in [0.4, 0.5) is 0 Å². The van der Waals surface area contributed by atoms with Gasteiger partial charge in [0.25, 0.3) is 5.91 Å². The monoisotopic (exact) mass is 1060 g/mol. The molecule has 2 aliphatic heterocycles. The van der Waals surface area contributed by atoms with Crippen LogP contribution in [0, 0.1) is 33.1 Å². The number of amides is 4. The van der Waals surface area contributed by atoms with Gasteiger partial charge in [-0.3, -0.25) is 28.7 Å². The summed E-state index contributed by atoms with van der Waals surface area (Å²) < 4.78 is 14.4. The van der Waals surface area contributed by atoms with E-state index in [9.17, 15) is 24.3 Å². The number of rotatable bonds is 13. The molecule has 0 bridgehead atoms. The first-order chi connectivity index (χ1) is 35.3. The Morgan fingerprint density at radius 1 is 0.932 bits per heavy atom. The summed E-state index contributed by atoms with van der Waals surface area (Å²) in [5, 5.41) is 31.1. The fourth-order valence-corrected chi connectivity index (χ4v) is 12.1. The van der Waals surface area contributed by atoms with Crippen molar-refractivity contribution < 1.29 is 33.4 Å². The molecule has 0 unspecified atom stereocenters. The summed E-state index contributed by atoms with van der Waals surface area (Å²) in [4.78, 5) is 69.0. The number of aliphatic hydroxyl groups is 1. The number of thiophene rings is 1. The third-order valence-electron chi connectivity index (χ3n) is 14.2. The smallest absolute Gasteiger partial charge is 0.287 e. The van der Waals surface area contributed by atoms with E-state index < -0.39 is 47.4 Å². The Hall–Kier alpha value is -6.73. The molecule has 19 heteroatoms. The van der Waals surface area contributed by atoms with Gasteiger partial charge in [-0.05, 0) is 93.1 Å². The number of carbonyl (C=O) groups is 4. The highest BCUT2D eigenvalue weighted by atomic mass is 35.5. The lowest BCUT2D eigenvalue weighted by atomic mass is 9.85. The van der Waals surface area contributed by atoms with Gasteiger partial charge in [-0.25, -0.2) is 4.98 Å². The molecule has 5 atom stereocenters. The van der Waals surface area contributed by atoms with Crippen LogP contribution in [0.15, 0.2) is 87.7 Å². The Bertz CT molecular complexity index is 3330. The number of aliphatic hydroxyl groups excluding tert-OH is 1. The number of hydrogen-bond donors (Lipinski definition) is 4. The molecule has 1 aliphatic carbocycles. The van der Waals surface area contributed by atoms with Crippen molar-refractivity contribution in [3.05, 3.63) is 134 Å². The molecule has 10 rings (SSSR count). The zero-order valence-electron chi connectivity index (χ0n) is 42.4. The van der Waals surface area contributed by atoms with E-state index in [4.69, 9.17) is 25.7 Å². The second-order valence-electron chi connectivity index (χ2n) is 20.7. The Balaban J connectivity index is 0.754. The van der Waals surface area contributed by atoms with Crippen LogP contribution in [0.2, 0.25) is 5.02 Å². The van der Waals surface area contributed by atoms with E-state index in [2.05, 4.69) is 45.0 Å². The highest BCUT2D eigenvalue weighted by Crippen LogP contribution is 2.40. The van der Waals surface area contributed by atoms with Crippen LogP contribution in [-0.4, -0.2) is 96.0 Å². The van der Waals surface area contributed by atoms with Gasteiger partial charge in [0.1, 0.15) is 46.4 Å². The molecule has 3 aliphatic rings. The summed E-state index contributed by atoms with van der Waals surface area (Å²) in [6.45, 7) is 15.4. The van der Waals surface area contributed by atoms with Crippen LogP contribution < -0.4 is 20.7 Å². The predicted octanol–water partition coefficient (Wildman–Crippen LogP) is 9.08. The first-order valence-electron chi connectivity index (χ1n) is 24.8. The Kier molecular flexibility index (Phi) is 13.9. The first-order valence-corrected chi connectivity index (χ1v) is 26.8. The number of nitrogens with zero attached hydrogens (tertiary/aromatic N) is 6. The van der Waals surface area contributed by atoms with Crippen LogP contribution in [0.3, 0.4) is 0 Å². The lowest BCUT2D eigenvalue weighted by molar-refractivity contribution is -0.142. The van der Waals surface area contributed by atoms with Crippen LogP contribution >= 0.6 is 34.3 Å². The molecule has 3 aromatic carbocycles. The lowest BCUT2D eigenvalue weighted by Crippen LogP contribution is -2.57. The van der Waals surface area contributed by atoms with Gasteiger partial charge >= 0.3 is 0 Å². The molecule has 1 saturated carbocycles. The van der Waals surface area contributed by atoms with Gasteiger partial charge in [0.05, 0.1) is 40.4 Å². The van der Waals surface area contributed by atoms with Crippen molar-refractivity contribution >= 4 is 74.6 Å². The van der Waals surface area contributed by atoms with Crippen molar-refractivity contribution in [3.63, 3.8) is 0 Å². The number of benzene rings is 3. The van der Waals surface area contributed by atoms with E-state index in [1.165, 1.54) is 4.90 Å². The highest BCUT2D eigenvalue weighted by molar-refractivity contribution is 7.15. The fraction of sp³-hybridized carbons (Fsp3) is 0.382. The first kappa shape index (κ1) is 50.8. The molecule has 0 radical (unpaired) electrons. The summed E-state index contributed by atoms with van der Waals surface area (Å²) in [7, 11) is 0. The lowest BCUT2D eigenvalue weighted by Gasteiger charge is -2.36. The number of furan rings is 1. The number of aromatic nitrogens is 4. The number of halogens is 1. The maximum absolute atomic E-state index is 14.4. The van der Waals surface area contributed by atoms with E-state index in [0.717, 1.165) is 59.8 Å². The standard InChI is InChI=1S/C55H58ClN9O7S2/c1-27-30(4)74-54-46(27)47(33-13-15-36(56)16-14-33)60-41(50-63-62-31(5)65(50)54)24-45(67)59-37-21-40(22-37)71-39-17-18-43-35(19-39)20-44(72-43)52(69)61-49(55(6,7)8)53(70)64-25-38(66)23-42(64)51(68)58-28(2)32-9-11-34(12-10-32)48-29(3)57-26-73-48/h9-20,26,28,37-38,40-42,49,66H,21-25H2,1-8H3,(H,58,68)(H,59,67)(H,61,69)/t28-,37-,38-,40+,41-,42+,49+/m0/s1. The van der Waals surface area contributed by atoms with E-state index in [0.29, 0.717) is 40.4 Å². The van der Waals surface area contributed by atoms with Crippen LogP contribution in [0.25, 0.3) is 26.4 Å². The third kappa shape index (κ3) is 10.1. The van der Waals surface area contributed by atoms with E-state index >= 15 is 0 Å². The third-order valence-corrected chi connectivity index (χ3v) is 16.7. The molecule has 0 spiro atoms. The van der Waals surface area contributed by atoms with Gasteiger partial charge in [-0.15, -0.1) is 32.9 Å². The Morgan fingerprint density at radius 2 is 1.66 bits per heavy atom. The normalized spacial score (nSPS) is 20.2. The van der Waals surface area contributed by atoms with Crippen molar-refractivity contribution in [2.24, 2.45) is 10.4 Å². The molecule has 1 saturated heterocycles. The van der Waals surface area contributed by atoms with E-state index in [1.807, 2.05) is 100 Å². The number of likely N-dealkylation sites (tertiary alicyclic amines) is 1. The quantitative estimate of drug-likeness (QED) is 0.0862. The minimum Gasteiger partial charge on any atom is -0.490 e. The van der Waals surface area contributed by atoms with E-state index in [-0.39, 0.29) is 49.2 Å².